The van der Waals surface area contributed by atoms with E-state index < -0.39 is 17.8 Å². The zero-order chi connectivity index (χ0) is 25.5. The van der Waals surface area contributed by atoms with E-state index in [2.05, 4.69) is 15.8 Å². The largest absolute Gasteiger partial charge is 0.494 e. The van der Waals surface area contributed by atoms with Crippen LogP contribution in [0.2, 0.25) is 5.02 Å². The van der Waals surface area contributed by atoms with E-state index in [-0.39, 0.29) is 0 Å². The summed E-state index contributed by atoms with van der Waals surface area (Å²) in [5.41, 5.74) is 3.23. The first-order valence-corrected chi connectivity index (χ1v) is 12.0. The topological polar surface area (TPSA) is 106 Å². The number of amides is 2. The number of thiophene rings is 1. The first-order valence-electron chi connectivity index (χ1n) is 10.8. The molecule has 10 heteroatoms. The predicted molar refractivity (Wildman–Crippen MR) is 140 cm³/mol. The van der Waals surface area contributed by atoms with Gasteiger partial charge in [-0.2, -0.15) is 5.10 Å². The van der Waals surface area contributed by atoms with Gasteiger partial charge in [-0.1, -0.05) is 29.8 Å². The van der Waals surface area contributed by atoms with E-state index in [9.17, 15) is 14.4 Å². The Labute approximate surface area is 215 Å². The second-order valence-corrected chi connectivity index (χ2v) is 8.74. The average molecular weight is 522 g/mol. The van der Waals surface area contributed by atoms with Gasteiger partial charge in [0.25, 0.3) is 0 Å². The van der Waals surface area contributed by atoms with Gasteiger partial charge in [0.15, 0.2) is 0 Å². The van der Waals surface area contributed by atoms with Crippen LogP contribution in [-0.4, -0.2) is 30.6 Å². The zero-order valence-corrected chi connectivity index (χ0v) is 20.6. The molecule has 0 atom stereocenters. The van der Waals surface area contributed by atoms with Crippen LogP contribution in [0.25, 0.3) is 10.1 Å². The minimum Gasteiger partial charge on any atom is -0.494 e. The van der Waals surface area contributed by atoms with Gasteiger partial charge in [0.1, 0.15) is 16.4 Å². The molecular weight excluding hydrogens is 502 g/mol. The molecule has 0 aliphatic carbocycles. The van der Waals surface area contributed by atoms with Crippen LogP contribution in [0.3, 0.4) is 0 Å². The summed E-state index contributed by atoms with van der Waals surface area (Å²) < 4.78 is 11.7. The van der Waals surface area contributed by atoms with Crippen molar-refractivity contribution in [3.8, 4) is 11.5 Å². The smallest absolute Gasteiger partial charge is 0.355 e. The van der Waals surface area contributed by atoms with Crippen LogP contribution in [0.15, 0.2) is 77.9 Å². The molecule has 0 saturated carbocycles. The number of rotatable bonds is 7. The maximum atomic E-state index is 12.6. The molecule has 1 aromatic heterocycles. The summed E-state index contributed by atoms with van der Waals surface area (Å²) in [6, 6.07) is 20.6. The molecule has 182 valence electrons. The number of nitrogens with one attached hydrogen (secondary N) is 2. The molecule has 2 N–H and O–H groups in total. The molecule has 4 rings (SSSR count). The highest BCUT2D eigenvalue weighted by atomic mass is 35.5. The van der Waals surface area contributed by atoms with E-state index in [4.69, 9.17) is 21.1 Å². The molecule has 0 saturated heterocycles. The van der Waals surface area contributed by atoms with Crippen LogP contribution in [0.5, 0.6) is 11.5 Å². The lowest BCUT2D eigenvalue weighted by molar-refractivity contribution is -0.136. The minimum atomic E-state index is -0.925. The number of benzene rings is 3. The fourth-order valence-electron chi connectivity index (χ4n) is 3.13. The summed E-state index contributed by atoms with van der Waals surface area (Å²) in [5, 5.41) is 7.43. The second-order valence-electron chi connectivity index (χ2n) is 7.31. The van der Waals surface area contributed by atoms with Crippen molar-refractivity contribution in [3.05, 3.63) is 88.3 Å². The van der Waals surface area contributed by atoms with Crippen LogP contribution in [-0.2, 0) is 9.59 Å². The fourth-order valence-corrected chi connectivity index (χ4v) is 4.51. The van der Waals surface area contributed by atoms with Crippen molar-refractivity contribution in [2.75, 3.05) is 11.9 Å². The third-order valence-corrected chi connectivity index (χ3v) is 6.48. The summed E-state index contributed by atoms with van der Waals surface area (Å²) in [7, 11) is 0. The number of ether oxygens (including phenoxy) is 2. The van der Waals surface area contributed by atoms with E-state index >= 15 is 0 Å². The number of esters is 1. The Kier molecular flexibility index (Phi) is 7.94. The average Bonchev–Trinajstić information content (AvgIpc) is 3.23. The molecule has 3 aromatic carbocycles. The van der Waals surface area contributed by atoms with Crippen molar-refractivity contribution < 1.29 is 23.9 Å². The van der Waals surface area contributed by atoms with Crippen molar-refractivity contribution in [1.82, 2.24) is 5.43 Å². The number of fused-ring (bicyclic) bond motifs is 1. The number of hydrogen-bond acceptors (Lipinski definition) is 7. The van der Waals surface area contributed by atoms with Crippen molar-refractivity contribution >= 4 is 62.7 Å². The Balaban J connectivity index is 1.29. The summed E-state index contributed by atoms with van der Waals surface area (Å²) in [5.74, 6) is -1.35. The lowest BCUT2D eigenvalue weighted by Crippen LogP contribution is -2.32. The first-order chi connectivity index (χ1) is 17.4. The van der Waals surface area contributed by atoms with Gasteiger partial charge in [-0.25, -0.2) is 10.2 Å². The maximum Gasteiger partial charge on any atom is 0.355 e. The molecule has 36 heavy (non-hydrogen) atoms. The molecule has 0 fully saturated rings. The molecule has 0 aliphatic heterocycles. The quantitative estimate of drug-likeness (QED) is 0.113. The highest BCUT2D eigenvalue weighted by Crippen LogP contribution is 2.35. The number of carbonyl (C=O) groups is 3. The van der Waals surface area contributed by atoms with Crippen LogP contribution >= 0.6 is 22.9 Å². The van der Waals surface area contributed by atoms with Crippen molar-refractivity contribution in [2.45, 2.75) is 6.92 Å². The molecule has 0 spiro atoms. The van der Waals surface area contributed by atoms with E-state index in [0.717, 1.165) is 10.1 Å². The zero-order valence-electron chi connectivity index (χ0n) is 19.0. The molecule has 0 radical (unpaired) electrons. The standard InChI is InChI=1S/C26H20ClN3O5S/c1-2-34-18-13-9-17(10-14-18)29-24(31)25(32)30-28-15-16-7-11-19(12-8-16)35-26(33)23-22(27)20-5-3-4-6-21(20)36-23/h3-15H,2H2,1H3,(H,29,31)(H,30,32)/b28-15+. The van der Waals surface area contributed by atoms with Crippen LogP contribution in [0.1, 0.15) is 22.2 Å². The molecule has 1 heterocycles. The Morgan fingerprint density at radius 1 is 0.944 bits per heavy atom. The molecule has 0 unspecified atom stereocenters. The van der Waals surface area contributed by atoms with Gasteiger partial charge in [-0.05, 0) is 67.1 Å². The summed E-state index contributed by atoms with van der Waals surface area (Å²) in [6.45, 7) is 2.40. The van der Waals surface area contributed by atoms with Gasteiger partial charge >= 0.3 is 17.8 Å². The van der Waals surface area contributed by atoms with E-state index in [0.29, 0.717) is 39.3 Å². The van der Waals surface area contributed by atoms with E-state index in [1.807, 2.05) is 31.2 Å². The Morgan fingerprint density at radius 2 is 1.64 bits per heavy atom. The Morgan fingerprint density at radius 3 is 2.33 bits per heavy atom. The normalized spacial score (nSPS) is 10.8. The Bertz CT molecular complexity index is 1430. The van der Waals surface area contributed by atoms with Crippen LogP contribution < -0.4 is 20.2 Å². The third-order valence-electron chi connectivity index (χ3n) is 4.82. The SMILES string of the molecule is CCOc1ccc(NC(=O)C(=O)N/N=C/c2ccc(OC(=O)c3sc4ccccc4c3Cl)cc2)cc1. The molecule has 0 bridgehead atoms. The second kappa shape index (κ2) is 11.5. The predicted octanol–water partition coefficient (Wildman–Crippen LogP) is 5.26. The molecule has 4 aromatic rings. The van der Waals surface area contributed by atoms with E-state index in [1.165, 1.54) is 17.6 Å². The van der Waals surface area contributed by atoms with Crippen molar-refractivity contribution in [2.24, 2.45) is 5.10 Å². The molecule has 2 amide bonds. The Hall–Kier alpha value is -4.21. The minimum absolute atomic E-state index is 0.324. The van der Waals surface area contributed by atoms with Gasteiger partial charge < -0.3 is 14.8 Å². The number of hydrogen-bond donors (Lipinski definition) is 2. The maximum absolute atomic E-state index is 12.6. The van der Waals surface area contributed by atoms with Gasteiger partial charge in [0.05, 0.1) is 17.8 Å². The fraction of sp³-hybridized carbons (Fsp3) is 0.0769. The summed E-state index contributed by atoms with van der Waals surface area (Å²) >= 11 is 7.60. The lowest BCUT2D eigenvalue weighted by atomic mass is 10.2. The monoisotopic (exact) mass is 521 g/mol. The number of carbonyl (C=O) groups excluding carboxylic acids is 3. The first kappa shape index (κ1) is 24.9. The van der Waals surface area contributed by atoms with Gasteiger partial charge in [-0.3, -0.25) is 9.59 Å². The third kappa shape index (κ3) is 6.07. The summed E-state index contributed by atoms with van der Waals surface area (Å²) in [4.78, 5) is 36.9. The number of halogens is 1. The van der Waals surface area contributed by atoms with Gasteiger partial charge in [0.2, 0.25) is 0 Å². The molecule has 0 aliphatic rings. The van der Waals surface area contributed by atoms with Crippen molar-refractivity contribution in [1.29, 1.82) is 0 Å². The number of anilines is 1. The highest BCUT2D eigenvalue weighted by Gasteiger charge is 2.19. The lowest BCUT2D eigenvalue weighted by Gasteiger charge is -2.06. The highest BCUT2D eigenvalue weighted by molar-refractivity contribution is 7.21. The van der Waals surface area contributed by atoms with Gasteiger partial charge in [-0.15, -0.1) is 11.3 Å². The van der Waals surface area contributed by atoms with E-state index in [1.54, 1.807) is 48.5 Å². The molecule has 8 nitrogen and oxygen atoms in total. The number of hydrazone groups is 1. The van der Waals surface area contributed by atoms with Gasteiger partial charge in [0, 0.05) is 15.8 Å². The van der Waals surface area contributed by atoms with Crippen molar-refractivity contribution in [3.63, 3.8) is 0 Å². The summed E-state index contributed by atoms with van der Waals surface area (Å²) in [6.07, 6.45) is 1.36. The molecular formula is C26H20ClN3O5S. The van der Waals surface area contributed by atoms with Crippen LogP contribution in [0, 0.1) is 0 Å². The van der Waals surface area contributed by atoms with Crippen LogP contribution in [0.4, 0.5) is 5.69 Å². The number of nitrogens with zero attached hydrogens (tertiary/aromatic N) is 1.